The third-order valence-electron chi connectivity index (χ3n) is 5.96. The van der Waals surface area contributed by atoms with Gasteiger partial charge >= 0.3 is 0 Å². The van der Waals surface area contributed by atoms with Crippen LogP contribution >= 0.6 is 11.6 Å². The number of aliphatic hydroxyl groups is 1. The fourth-order valence-electron chi connectivity index (χ4n) is 4.35. The molecule has 9 heteroatoms. The molecule has 0 bridgehead atoms. The molecule has 0 saturated carbocycles. The van der Waals surface area contributed by atoms with Gasteiger partial charge in [-0.25, -0.2) is 0 Å². The Morgan fingerprint density at radius 2 is 1.61 bits per heavy atom. The first-order valence-electron chi connectivity index (χ1n) is 12.2. The number of hydrogen-bond acceptors (Lipinski definition) is 7. The molecule has 1 atom stereocenters. The van der Waals surface area contributed by atoms with Crippen molar-refractivity contribution in [2.45, 2.75) is 26.8 Å². The molecule has 0 radical (unpaired) electrons. The molecule has 1 amide bonds. The molecule has 1 heterocycles. The summed E-state index contributed by atoms with van der Waals surface area (Å²) in [5.41, 5.74) is 0.981. The number of phenols is 1. The number of Topliss-reactive ketones (excluding diaryl/α,β-unsaturated/α-hetero) is 1. The number of aliphatic hydroxyl groups excluding tert-OH is 1. The maximum atomic E-state index is 13.5. The van der Waals surface area contributed by atoms with Gasteiger partial charge in [-0.1, -0.05) is 23.7 Å². The summed E-state index contributed by atoms with van der Waals surface area (Å²) < 4.78 is 16.7. The minimum Gasteiger partial charge on any atom is -0.507 e. The fourth-order valence-corrected chi connectivity index (χ4v) is 4.52. The van der Waals surface area contributed by atoms with Crippen LogP contribution < -0.4 is 19.1 Å². The van der Waals surface area contributed by atoms with Crippen LogP contribution in [0.25, 0.3) is 5.76 Å². The molecule has 2 N–H and O–H groups in total. The molecule has 1 unspecified atom stereocenters. The van der Waals surface area contributed by atoms with Crippen LogP contribution in [0.15, 0.2) is 66.2 Å². The molecule has 38 heavy (non-hydrogen) atoms. The average Bonchev–Trinajstić information content (AvgIpc) is 3.17. The Kier molecular flexibility index (Phi) is 8.12. The molecule has 4 rings (SSSR count). The maximum absolute atomic E-state index is 13.5. The zero-order chi connectivity index (χ0) is 27.4. The van der Waals surface area contributed by atoms with E-state index in [4.69, 9.17) is 25.8 Å². The van der Waals surface area contributed by atoms with Gasteiger partial charge in [-0.3, -0.25) is 14.5 Å². The Balaban J connectivity index is 1.95. The quantitative estimate of drug-likeness (QED) is 0.200. The molecule has 198 valence electrons. The highest BCUT2D eigenvalue weighted by Crippen LogP contribution is 2.45. The number of ketones is 1. The van der Waals surface area contributed by atoms with E-state index in [1.54, 1.807) is 62.4 Å². The van der Waals surface area contributed by atoms with E-state index in [-0.39, 0.29) is 28.4 Å². The van der Waals surface area contributed by atoms with Crippen molar-refractivity contribution in [1.29, 1.82) is 0 Å². The van der Waals surface area contributed by atoms with Crippen LogP contribution in [-0.2, 0) is 9.59 Å². The largest absolute Gasteiger partial charge is 0.507 e. The summed E-state index contributed by atoms with van der Waals surface area (Å²) in [4.78, 5) is 28.2. The standard InChI is InChI=1S/C29H28ClNO7/c1-4-36-20-9-7-8-19(16-20)31-26(17-11-13-22(32)24(14-17)38-6-3)25(28(34)29(31)35)27(33)18-10-12-21(30)23(15-18)37-5-2/h7-16,26,32-33H,4-6H2,1-3H3/b27-25-. The number of phenolic OH excluding ortho intramolecular Hbond substituents is 1. The molecule has 1 aliphatic heterocycles. The van der Waals surface area contributed by atoms with Crippen molar-refractivity contribution in [1.82, 2.24) is 0 Å². The number of carbonyl (C=O) groups excluding carboxylic acids is 2. The van der Waals surface area contributed by atoms with Crippen LogP contribution in [-0.4, -0.2) is 41.7 Å². The highest BCUT2D eigenvalue weighted by molar-refractivity contribution is 6.51. The van der Waals surface area contributed by atoms with Crippen molar-refractivity contribution in [2.24, 2.45) is 0 Å². The lowest BCUT2D eigenvalue weighted by atomic mass is 9.94. The predicted octanol–water partition coefficient (Wildman–Crippen LogP) is 5.87. The van der Waals surface area contributed by atoms with E-state index in [1.807, 2.05) is 6.92 Å². The second-order valence-corrected chi connectivity index (χ2v) is 8.75. The fraction of sp³-hybridized carbons (Fsp3) is 0.241. The number of rotatable bonds is 9. The van der Waals surface area contributed by atoms with Crippen molar-refractivity contribution in [3.63, 3.8) is 0 Å². The maximum Gasteiger partial charge on any atom is 0.300 e. The highest BCUT2D eigenvalue weighted by Gasteiger charge is 2.47. The lowest BCUT2D eigenvalue weighted by molar-refractivity contribution is -0.132. The summed E-state index contributed by atoms with van der Waals surface area (Å²) in [5.74, 6) is -1.14. The Morgan fingerprint density at radius 3 is 2.32 bits per heavy atom. The molecule has 8 nitrogen and oxygen atoms in total. The first kappa shape index (κ1) is 26.9. The van der Waals surface area contributed by atoms with Crippen LogP contribution in [0, 0.1) is 0 Å². The van der Waals surface area contributed by atoms with Crippen molar-refractivity contribution < 1.29 is 34.0 Å². The van der Waals surface area contributed by atoms with Crippen LogP contribution in [0.2, 0.25) is 5.02 Å². The minimum absolute atomic E-state index is 0.0926. The number of benzene rings is 3. The number of ether oxygens (including phenoxy) is 3. The van der Waals surface area contributed by atoms with Crippen LogP contribution in [0.5, 0.6) is 23.0 Å². The van der Waals surface area contributed by atoms with Gasteiger partial charge in [-0.2, -0.15) is 0 Å². The lowest BCUT2D eigenvalue weighted by Gasteiger charge is -2.26. The number of carbonyl (C=O) groups is 2. The van der Waals surface area contributed by atoms with Crippen LogP contribution in [0.1, 0.15) is 37.9 Å². The van der Waals surface area contributed by atoms with Gasteiger partial charge in [0.05, 0.1) is 36.5 Å². The van der Waals surface area contributed by atoms with Crippen molar-refractivity contribution in [3.8, 4) is 23.0 Å². The molecular formula is C29H28ClNO7. The Hall–Kier alpha value is -4.17. The van der Waals surface area contributed by atoms with E-state index >= 15 is 0 Å². The molecular weight excluding hydrogens is 510 g/mol. The van der Waals surface area contributed by atoms with Crippen LogP contribution in [0.4, 0.5) is 5.69 Å². The number of halogens is 1. The molecule has 1 aliphatic rings. The molecule has 0 aromatic heterocycles. The normalized spacial score (nSPS) is 16.5. The number of amides is 1. The van der Waals surface area contributed by atoms with Gasteiger partial charge < -0.3 is 24.4 Å². The van der Waals surface area contributed by atoms with Crippen molar-refractivity contribution in [3.05, 3.63) is 82.4 Å². The van der Waals surface area contributed by atoms with E-state index in [1.165, 1.54) is 17.0 Å². The summed E-state index contributed by atoms with van der Waals surface area (Å²) >= 11 is 6.22. The third kappa shape index (κ3) is 5.13. The highest BCUT2D eigenvalue weighted by atomic mass is 35.5. The smallest absolute Gasteiger partial charge is 0.300 e. The Bertz CT molecular complexity index is 1400. The lowest BCUT2D eigenvalue weighted by Crippen LogP contribution is -2.29. The Morgan fingerprint density at radius 1 is 0.895 bits per heavy atom. The zero-order valence-corrected chi connectivity index (χ0v) is 22.0. The molecule has 0 spiro atoms. The third-order valence-corrected chi connectivity index (χ3v) is 6.27. The molecule has 1 saturated heterocycles. The van der Waals surface area contributed by atoms with E-state index < -0.39 is 17.7 Å². The number of hydrogen-bond donors (Lipinski definition) is 2. The van der Waals surface area contributed by atoms with Gasteiger partial charge in [0.2, 0.25) is 0 Å². The zero-order valence-electron chi connectivity index (χ0n) is 21.2. The van der Waals surface area contributed by atoms with Gasteiger partial charge in [-0.05, 0) is 68.8 Å². The van der Waals surface area contributed by atoms with Gasteiger partial charge in [0.25, 0.3) is 11.7 Å². The van der Waals surface area contributed by atoms with Crippen molar-refractivity contribution >= 4 is 34.7 Å². The van der Waals surface area contributed by atoms with E-state index in [0.29, 0.717) is 47.6 Å². The number of aromatic hydroxyl groups is 1. The van der Waals surface area contributed by atoms with Gasteiger partial charge in [0, 0.05) is 17.3 Å². The van der Waals surface area contributed by atoms with Crippen molar-refractivity contribution in [2.75, 3.05) is 24.7 Å². The molecule has 1 fully saturated rings. The minimum atomic E-state index is -1.03. The van der Waals surface area contributed by atoms with E-state index in [2.05, 4.69) is 0 Å². The first-order chi connectivity index (χ1) is 18.3. The van der Waals surface area contributed by atoms with E-state index in [9.17, 15) is 19.8 Å². The average molecular weight is 538 g/mol. The summed E-state index contributed by atoms with van der Waals surface area (Å²) in [7, 11) is 0. The SMILES string of the molecule is CCOc1cccc(N2C(=O)C(=O)/C(=C(\O)c3ccc(Cl)c(OCC)c3)C2c2ccc(O)c(OCC)c2)c1. The second-order valence-electron chi connectivity index (χ2n) is 8.34. The monoisotopic (exact) mass is 537 g/mol. The number of nitrogens with zero attached hydrogens (tertiary/aromatic N) is 1. The topological polar surface area (TPSA) is 106 Å². The predicted molar refractivity (Wildman–Crippen MR) is 144 cm³/mol. The van der Waals surface area contributed by atoms with E-state index in [0.717, 1.165) is 0 Å². The molecule has 0 aliphatic carbocycles. The first-order valence-corrected chi connectivity index (χ1v) is 12.6. The number of anilines is 1. The molecule has 3 aromatic carbocycles. The van der Waals surface area contributed by atoms with Gasteiger partial charge in [0.15, 0.2) is 11.5 Å². The summed E-state index contributed by atoms with van der Waals surface area (Å²) in [6, 6.07) is 14.9. The summed E-state index contributed by atoms with van der Waals surface area (Å²) in [6.45, 7) is 6.46. The van der Waals surface area contributed by atoms with Gasteiger partial charge in [0.1, 0.15) is 17.3 Å². The second kappa shape index (κ2) is 11.5. The summed E-state index contributed by atoms with van der Waals surface area (Å²) in [5, 5.41) is 22.0. The molecule has 3 aromatic rings. The Labute approximate surface area is 225 Å². The van der Waals surface area contributed by atoms with Gasteiger partial charge in [-0.15, -0.1) is 0 Å². The van der Waals surface area contributed by atoms with Crippen LogP contribution in [0.3, 0.4) is 0 Å². The summed E-state index contributed by atoms with van der Waals surface area (Å²) in [6.07, 6.45) is 0.